The number of halogens is 3. The van der Waals surface area contributed by atoms with Crippen LogP contribution in [0.5, 0.6) is 0 Å². The normalized spacial score (nSPS) is 16.4. The molecule has 0 aliphatic carbocycles. The van der Waals surface area contributed by atoms with Crippen molar-refractivity contribution in [3.63, 3.8) is 0 Å². The van der Waals surface area contributed by atoms with Crippen molar-refractivity contribution in [1.29, 1.82) is 0 Å². The van der Waals surface area contributed by atoms with Gasteiger partial charge in [-0.05, 0) is 43.5 Å². The van der Waals surface area contributed by atoms with Crippen LogP contribution < -0.4 is 4.31 Å². The SMILES string of the molecule is CCN(c1cccc2cc(-c3ncc(CN4CCC(S(C)(=O)=O)C4)s3)[nH]c12)S(=O)(=O)c1cccs1.O=C(O)C(F)(F)F. The lowest BCUT2D eigenvalue weighted by atomic mass is 10.2. The number of aromatic nitrogens is 2. The van der Waals surface area contributed by atoms with Crippen LogP contribution in [-0.4, -0.2) is 80.1 Å². The number of rotatable bonds is 8. The van der Waals surface area contributed by atoms with Gasteiger partial charge in [-0.3, -0.25) is 9.21 Å². The highest BCUT2D eigenvalue weighted by atomic mass is 32.2. The quantitative estimate of drug-likeness (QED) is 0.273. The summed E-state index contributed by atoms with van der Waals surface area (Å²) in [4.78, 5) is 20.1. The fourth-order valence-electron chi connectivity index (χ4n) is 4.47. The molecular formula is C25H27F3N4O6S4. The number of anilines is 1. The molecule has 1 aliphatic rings. The maximum Gasteiger partial charge on any atom is 0.490 e. The van der Waals surface area contributed by atoms with Gasteiger partial charge >= 0.3 is 12.1 Å². The van der Waals surface area contributed by atoms with E-state index >= 15 is 0 Å². The number of aromatic amines is 1. The lowest BCUT2D eigenvalue weighted by Crippen LogP contribution is -2.30. The standard InChI is InChI=1S/C23H26N4O4S4.C2HF3O2/c1-3-27(35(30,31)21-8-5-11-32-21)20-7-4-6-16-12-19(25-22(16)20)23-24-13-17(33-23)14-26-10-9-18(15-26)34(2,28)29;3-2(4,5)1(6)7/h4-8,11-13,18,25H,3,9-10,14-15H2,1-2H3;(H,6,7). The maximum atomic E-state index is 13.3. The van der Waals surface area contributed by atoms with Crippen molar-refractivity contribution in [3.8, 4) is 10.7 Å². The average Bonchev–Trinajstić information content (AvgIpc) is 3.71. The third kappa shape index (κ3) is 7.14. The number of carboxylic acids is 1. The van der Waals surface area contributed by atoms with E-state index < -0.39 is 32.0 Å². The van der Waals surface area contributed by atoms with Crippen LogP contribution in [0, 0.1) is 0 Å². The molecule has 1 aliphatic heterocycles. The van der Waals surface area contributed by atoms with Gasteiger partial charge in [-0.25, -0.2) is 26.6 Å². The number of H-pyrrole nitrogens is 1. The van der Waals surface area contributed by atoms with Gasteiger partial charge in [0.1, 0.15) is 9.22 Å². The predicted molar refractivity (Wildman–Crippen MR) is 156 cm³/mol. The Hall–Kier alpha value is -2.99. The molecule has 42 heavy (non-hydrogen) atoms. The zero-order chi connectivity index (χ0) is 30.9. The summed E-state index contributed by atoms with van der Waals surface area (Å²) in [6.45, 7) is 4.10. The van der Waals surface area contributed by atoms with E-state index in [1.54, 1.807) is 28.8 Å². The molecule has 17 heteroatoms. The molecule has 4 heterocycles. The van der Waals surface area contributed by atoms with Gasteiger partial charge in [0, 0.05) is 42.4 Å². The minimum atomic E-state index is -5.08. The third-order valence-corrected chi connectivity index (χ3v) is 12.3. The minimum absolute atomic E-state index is 0.297. The molecule has 5 rings (SSSR count). The summed E-state index contributed by atoms with van der Waals surface area (Å²) < 4.78 is 83.7. The first-order valence-corrected chi connectivity index (χ1v) is 17.5. The van der Waals surface area contributed by atoms with Crippen LogP contribution in [0.1, 0.15) is 18.2 Å². The molecule has 0 bridgehead atoms. The van der Waals surface area contributed by atoms with Crippen LogP contribution in [0.2, 0.25) is 0 Å². The Bertz CT molecular complexity index is 1770. The predicted octanol–water partition coefficient (Wildman–Crippen LogP) is 4.82. The number of likely N-dealkylation sites (tertiary alicyclic amines) is 1. The number of sulfone groups is 1. The molecular weight excluding hydrogens is 638 g/mol. The number of thiazole rings is 1. The fourth-order valence-corrected chi connectivity index (χ4v) is 9.00. The lowest BCUT2D eigenvalue weighted by molar-refractivity contribution is -0.192. The van der Waals surface area contributed by atoms with Gasteiger partial charge in [0.25, 0.3) is 10.0 Å². The number of alkyl halides is 3. The second-order valence-electron chi connectivity index (χ2n) is 9.44. The third-order valence-electron chi connectivity index (χ3n) is 6.47. The smallest absolute Gasteiger partial charge is 0.475 e. The van der Waals surface area contributed by atoms with Gasteiger partial charge in [-0.15, -0.1) is 22.7 Å². The number of thiophene rings is 1. The molecule has 228 valence electrons. The van der Waals surface area contributed by atoms with Crippen molar-refractivity contribution in [2.45, 2.75) is 35.5 Å². The largest absolute Gasteiger partial charge is 0.490 e. The monoisotopic (exact) mass is 664 g/mol. The molecule has 2 N–H and O–H groups in total. The number of fused-ring (bicyclic) bond motifs is 1. The van der Waals surface area contributed by atoms with Crippen LogP contribution in [0.15, 0.2) is 52.2 Å². The average molecular weight is 665 g/mol. The van der Waals surface area contributed by atoms with Crippen molar-refractivity contribution in [2.75, 3.05) is 30.2 Å². The molecule has 3 aromatic heterocycles. The lowest BCUT2D eigenvalue weighted by Gasteiger charge is -2.22. The first kappa shape index (κ1) is 31.9. The van der Waals surface area contributed by atoms with Crippen LogP contribution in [0.4, 0.5) is 18.9 Å². The summed E-state index contributed by atoms with van der Waals surface area (Å²) in [5.41, 5.74) is 2.17. The number of hydrogen-bond acceptors (Lipinski definition) is 9. The second kappa shape index (κ2) is 12.3. The molecule has 10 nitrogen and oxygen atoms in total. The van der Waals surface area contributed by atoms with Crippen molar-refractivity contribution < 1.29 is 39.9 Å². The van der Waals surface area contributed by atoms with Crippen LogP contribution >= 0.6 is 22.7 Å². The molecule has 1 fully saturated rings. The Morgan fingerprint density at radius 2 is 1.93 bits per heavy atom. The van der Waals surface area contributed by atoms with Crippen molar-refractivity contribution in [2.24, 2.45) is 0 Å². The van der Waals surface area contributed by atoms with Gasteiger partial charge in [-0.1, -0.05) is 18.2 Å². The summed E-state index contributed by atoms with van der Waals surface area (Å²) in [6, 6.07) is 11.0. The summed E-state index contributed by atoms with van der Waals surface area (Å²) in [6.07, 6.45) is -1.28. The van der Waals surface area contributed by atoms with E-state index in [2.05, 4.69) is 14.9 Å². The topological polar surface area (TPSA) is 141 Å². The van der Waals surface area contributed by atoms with Crippen molar-refractivity contribution in [1.82, 2.24) is 14.9 Å². The summed E-state index contributed by atoms with van der Waals surface area (Å²) in [7, 11) is -6.69. The molecule has 1 aromatic carbocycles. The van der Waals surface area contributed by atoms with E-state index in [4.69, 9.17) is 9.90 Å². The molecule has 1 unspecified atom stereocenters. The summed E-state index contributed by atoms with van der Waals surface area (Å²) >= 11 is 2.76. The summed E-state index contributed by atoms with van der Waals surface area (Å²) in [5, 5.41) is 10.3. The highest BCUT2D eigenvalue weighted by molar-refractivity contribution is 7.94. The number of hydrogen-bond donors (Lipinski definition) is 2. The number of carboxylic acid groups (broad SMARTS) is 1. The number of nitrogens with one attached hydrogen (secondary N) is 1. The molecule has 4 aromatic rings. The number of sulfonamides is 1. The maximum absolute atomic E-state index is 13.3. The van der Waals surface area contributed by atoms with E-state index in [-0.39, 0.29) is 5.25 Å². The van der Waals surface area contributed by atoms with Crippen molar-refractivity contribution in [3.05, 3.63) is 52.9 Å². The number of benzene rings is 1. The van der Waals surface area contributed by atoms with Crippen LogP contribution in [0.25, 0.3) is 21.6 Å². The van der Waals surface area contributed by atoms with Gasteiger partial charge in [-0.2, -0.15) is 13.2 Å². The van der Waals surface area contributed by atoms with Crippen molar-refractivity contribution >= 4 is 65.1 Å². The number of carbonyl (C=O) groups is 1. The van der Waals surface area contributed by atoms with E-state index in [1.807, 2.05) is 37.4 Å². The van der Waals surface area contributed by atoms with Gasteiger partial charge in [0.2, 0.25) is 0 Å². The molecule has 1 saturated heterocycles. The fraction of sp³-hybridized carbons (Fsp3) is 0.360. The number of aliphatic carboxylic acids is 1. The molecule has 0 saturated carbocycles. The minimum Gasteiger partial charge on any atom is -0.475 e. The van der Waals surface area contributed by atoms with E-state index in [0.29, 0.717) is 36.0 Å². The van der Waals surface area contributed by atoms with E-state index in [1.165, 1.54) is 21.9 Å². The number of nitrogens with zero attached hydrogens (tertiary/aromatic N) is 3. The first-order chi connectivity index (χ1) is 19.6. The molecule has 0 spiro atoms. The van der Waals surface area contributed by atoms with Gasteiger partial charge < -0.3 is 10.1 Å². The Labute approximate surface area is 248 Å². The molecule has 0 radical (unpaired) electrons. The van der Waals surface area contributed by atoms with Crippen LogP contribution in [-0.2, 0) is 31.2 Å². The van der Waals surface area contributed by atoms with E-state index in [0.717, 1.165) is 33.0 Å². The summed E-state index contributed by atoms with van der Waals surface area (Å²) in [5.74, 6) is -2.76. The Balaban J connectivity index is 0.000000517. The highest BCUT2D eigenvalue weighted by Gasteiger charge is 2.38. The van der Waals surface area contributed by atoms with Gasteiger partial charge in [0.15, 0.2) is 9.84 Å². The molecule has 0 amide bonds. The number of para-hydroxylation sites is 1. The highest BCUT2D eigenvalue weighted by Crippen LogP contribution is 2.35. The second-order valence-corrected chi connectivity index (χ2v) is 15.9. The van der Waals surface area contributed by atoms with Crippen LogP contribution in [0.3, 0.4) is 0 Å². The molecule has 1 atom stereocenters. The van der Waals surface area contributed by atoms with E-state index in [9.17, 15) is 30.0 Å². The Morgan fingerprint density at radius 1 is 1.21 bits per heavy atom. The zero-order valence-corrected chi connectivity index (χ0v) is 25.6. The Morgan fingerprint density at radius 3 is 2.50 bits per heavy atom. The first-order valence-electron chi connectivity index (χ1n) is 12.5. The van der Waals surface area contributed by atoms with Gasteiger partial charge in [0.05, 0.1) is 22.1 Å². The Kier molecular flexibility index (Phi) is 9.37. The zero-order valence-electron chi connectivity index (χ0n) is 22.3.